The SMILES string of the molecule is CC(=O)O[C@H]1CCC=C(Cl)[C@@H]1N=[N+]=[N-]. The van der Waals surface area contributed by atoms with Crippen molar-refractivity contribution in [3.8, 4) is 0 Å². The molecule has 0 radical (unpaired) electrons. The molecule has 0 spiro atoms. The van der Waals surface area contributed by atoms with Gasteiger partial charge in [0.15, 0.2) is 0 Å². The van der Waals surface area contributed by atoms with Gasteiger partial charge in [-0.15, -0.1) is 0 Å². The van der Waals surface area contributed by atoms with Crippen LogP contribution in [0.4, 0.5) is 0 Å². The zero-order chi connectivity index (χ0) is 10.6. The Balaban J connectivity index is 2.78. The van der Waals surface area contributed by atoms with Gasteiger partial charge in [0.25, 0.3) is 0 Å². The first kappa shape index (κ1) is 10.9. The van der Waals surface area contributed by atoms with Crippen LogP contribution in [0.15, 0.2) is 16.2 Å². The molecule has 6 heteroatoms. The van der Waals surface area contributed by atoms with Gasteiger partial charge in [-0.3, -0.25) is 4.79 Å². The summed E-state index contributed by atoms with van der Waals surface area (Å²) in [5.74, 6) is -0.389. The lowest BCUT2D eigenvalue weighted by atomic mass is 10.00. The third kappa shape index (κ3) is 2.65. The van der Waals surface area contributed by atoms with Gasteiger partial charge in [-0.25, -0.2) is 0 Å². The number of hydrogen-bond acceptors (Lipinski definition) is 3. The summed E-state index contributed by atoms with van der Waals surface area (Å²) in [6, 6.07) is -0.570. The van der Waals surface area contributed by atoms with Gasteiger partial charge in [0.2, 0.25) is 0 Å². The highest BCUT2D eigenvalue weighted by molar-refractivity contribution is 6.30. The highest BCUT2D eigenvalue weighted by atomic mass is 35.5. The van der Waals surface area contributed by atoms with Gasteiger partial charge in [0.05, 0.1) is 0 Å². The summed E-state index contributed by atoms with van der Waals surface area (Å²) in [4.78, 5) is 13.4. The molecule has 0 heterocycles. The van der Waals surface area contributed by atoms with Gasteiger partial charge in [0.1, 0.15) is 12.1 Å². The molecule has 0 saturated carbocycles. The summed E-state index contributed by atoms with van der Waals surface area (Å²) in [5.41, 5.74) is 8.32. The van der Waals surface area contributed by atoms with Crippen molar-refractivity contribution >= 4 is 17.6 Å². The van der Waals surface area contributed by atoms with Crippen LogP contribution < -0.4 is 0 Å². The van der Waals surface area contributed by atoms with Crippen LogP contribution in [0.2, 0.25) is 0 Å². The van der Waals surface area contributed by atoms with E-state index in [4.69, 9.17) is 21.9 Å². The number of ether oxygens (including phenoxy) is 1. The Morgan fingerprint density at radius 2 is 2.57 bits per heavy atom. The molecule has 76 valence electrons. The maximum Gasteiger partial charge on any atom is 0.302 e. The molecule has 0 fully saturated rings. The van der Waals surface area contributed by atoms with Gasteiger partial charge in [-0.2, -0.15) is 0 Å². The number of rotatable bonds is 2. The van der Waals surface area contributed by atoms with Gasteiger partial charge < -0.3 is 4.74 Å². The zero-order valence-corrected chi connectivity index (χ0v) is 8.44. The van der Waals surface area contributed by atoms with Gasteiger partial charge in [-0.1, -0.05) is 22.8 Å². The van der Waals surface area contributed by atoms with Gasteiger partial charge in [0, 0.05) is 16.9 Å². The minimum absolute atomic E-state index is 0.389. The molecule has 2 atom stereocenters. The topological polar surface area (TPSA) is 75.1 Å². The fraction of sp³-hybridized carbons (Fsp3) is 0.625. The summed E-state index contributed by atoms with van der Waals surface area (Å²) in [6.45, 7) is 1.32. The number of carbonyl (C=O) groups excluding carboxylic acids is 1. The van der Waals surface area contributed by atoms with Crippen molar-refractivity contribution in [2.45, 2.75) is 31.9 Å². The predicted molar refractivity (Wildman–Crippen MR) is 51.7 cm³/mol. The molecule has 0 aliphatic heterocycles. The van der Waals surface area contributed by atoms with Crippen molar-refractivity contribution in [2.75, 3.05) is 0 Å². The molecule has 0 bridgehead atoms. The first-order valence-corrected chi connectivity index (χ1v) is 4.60. The second-order valence-electron chi connectivity index (χ2n) is 2.96. The average molecular weight is 216 g/mol. The first-order valence-electron chi connectivity index (χ1n) is 4.22. The van der Waals surface area contributed by atoms with Crippen molar-refractivity contribution in [1.29, 1.82) is 0 Å². The molecule has 0 aromatic carbocycles. The van der Waals surface area contributed by atoms with Crippen LogP contribution in [0.1, 0.15) is 19.8 Å². The van der Waals surface area contributed by atoms with E-state index in [1.54, 1.807) is 6.08 Å². The molecule has 0 saturated heterocycles. The molecule has 0 aromatic rings. The lowest BCUT2D eigenvalue weighted by Crippen LogP contribution is -2.31. The molecule has 0 N–H and O–H groups in total. The normalized spacial score (nSPS) is 26.0. The third-order valence-electron chi connectivity index (χ3n) is 1.92. The third-order valence-corrected chi connectivity index (χ3v) is 2.30. The van der Waals surface area contributed by atoms with Crippen LogP contribution in [0.25, 0.3) is 10.4 Å². The molecule has 14 heavy (non-hydrogen) atoms. The number of carbonyl (C=O) groups is 1. The van der Waals surface area contributed by atoms with E-state index in [1.165, 1.54) is 6.92 Å². The Bertz CT molecular complexity index is 310. The average Bonchev–Trinajstić information content (AvgIpc) is 2.10. The number of allylic oxidation sites excluding steroid dienone is 1. The molecule has 0 unspecified atom stereocenters. The minimum Gasteiger partial charge on any atom is -0.462 e. The Labute approximate surface area is 86.3 Å². The Morgan fingerprint density at radius 1 is 1.86 bits per heavy atom. The van der Waals surface area contributed by atoms with Crippen LogP contribution in [0.3, 0.4) is 0 Å². The predicted octanol–water partition coefficient (Wildman–Crippen LogP) is 2.51. The van der Waals surface area contributed by atoms with Crippen molar-refractivity contribution in [3.63, 3.8) is 0 Å². The highest BCUT2D eigenvalue weighted by Gasteiger charge is 2.28. The first-order chi connectivity index (χ1) is 6.65. The summed E-state index contributed by atoms with van der Waals surface area (Å²) in [6.07, 6.45) is 2.72. The van der Waals surface area contributed by atoms with Crippen molar-refractivity contribution in [1.82, 2.24) is 0 Å². The van der Waals surface area contributed by atoms with Gasteiger partial charge in [-0.05, 0) is 18.4 Å². The van der Waals surface area contributed by atoms with E-state index in [-0.39, 0.29) is 5.97 Å². The number of esters is 1. The van der Waals surface area contributed by atoms with E-state index in [9.17, 15) is 4.79 Å². The van der Waals surface area contributed by atoms with Crippen molar-refractivity contribution in [3.05, 3.63) is 21.6 Å². The van der Waals surface area contributed by atoms with Crippen molar-refractivity contribution < 1.29 is 9.53 Å². The number of hydrogen-bond donors (Lipinski definition) is 0. The largest absolute Gasteiger partial charge is 0.462 e. The number of azide groups is 1. The molecule has 1 rings (SSSR count). The van der Waals surface area contributed by atoms with Gasteiger partial charge >= 0.3 is 5.97 Å². The van der Waals surface area contributed by atoms with E-state index in [0.29, 0.717) is 11.5 Å². The quantitative estimate of drug-likeness (QED) is 0.307. The summed E-state index contributed by atoms with van der Waals surface area (Å²) >= 11 is 5.84. The molecule has 1 aliphatic carbocycles. The van der Waals surface area contributed by atoms with Crippen LogP contribution in [-0.4, -0.2) is 18.1 Å². The Kier molecular flexibility index (Phi) is 3.80. The molecular formula is C8H10ClN3O2. The molecule has 5 nitrogen and oxygen atoms in total. The lowest BCUT2D eigenvalue weighted by molar-refractivity contribution is -0.147. The molecule has 0 amide bonds. The summed E-state index contributed by atoms with van der Waals surface area (Å²) in [7, 11) is 0. The summed E-state index contributed by atoms with van der Waals surface area (Å²) < 4.78 is 5.00. The molecular weight excluding hydrogens is 206 g/mol. The standard InChI is InChI=1S/C8H10ClN3O2/c1-5(13)14-7-4-2-3-6(9)8(7)11-12-10/h3,7-8H,2,4H2,1H3/t7-,8-/m0/s1. The smallest absolute Gasteiger partial charge is 0.302 e. The van der Waals surface area contributed by atoms with E-state index in [0.717, 1.165) is 6.42 Å². The van der Waals surface area contributed by atoms with Crippen LogP contribution >= 0.6 is 11.6 Å². The maximum atomic E-state index is 10.7. The minimum atomic E-state index is -0.570. The van der Waals surface area contributed by atoms with Crippen LogP contribution in [0, 0.1) is 0 Å². The van der Waals surface area contributed by atoms with Crippen LogP contribution in [0.5, 0.6) is 0 Å². The maximum absolute atomic E-state index is 10.7. The Morgan fingerprint density at radius 3 is 3.14 bits per heavy atom. The van der Waals surface area contributed by atoms with E-state index >= 15 is 0 Å². The molecule has 0 aromatic heterocycles. The zero-order valence-electron chi connectivity index (χ0n) is 7.68. The van der Waals surface area contributed by atoms with Crippen LogP contribution in [-0.2, 0) is 9.53 Å². The number of halogens is 1. The monoisotopic (exact) mass is 215 g/mol. The second-order valence-corrected chi connectivity index (χ2v) is 3.40. The second kappa shape index (κ2) is 4.88. The van der Waals surface area contributed by atoms with Crippen molar-refractivity contribution in [2.24, 2.45) is 5.11 Å². The van der Waals surface area contributed by atoms with E-state index < -0.39 is 12.1 Å². The number of nitrogens with zero attached hydrogens (tertiary/aromatic N) is 3. The van der Waals surface area contributed by atoms with E-state index in [2.05, 4.69) is 10.0 Å². The highest BCUT2D eigenvalue weighted by Crippen LogP contribution is 2.27. The molecule has 1 aliphatic rings. The lowest BCUT2D eigenvalue weighted by Gasteiger charge is -2.25. The fourth-order valence-corrected chi connectivity index (χ4v) is 1.66. The fourth-order valence-electron chi connectivity index (χ4n) is 1.36. The summed E-state index contributed by atoms with van der Waals surface area (Å²) in [5, 5.41) is 3.95. The Hall–Kier alpha value is -1.19. The van der Waals surface area contributed by atoms with E-state index in [1.807, 2.05) is 0 Å².